The van der Waals surface area contributed by atoms with Crippen LogP contribution in [0.2, 0.25) is 0 Å². The van der Waals surface area contributed by atoms with Gasteiger partial charge in [0.15, 0.2) is 0 Å². The third-order valence-electron chi connectivity index (χ3n) is 2.72. The number of ether oxygens (including phenoxy) is 1. The molecule has 0 aliphatic carbocycles. The Morgan fingerprint density at radius 3 is 2.93 bits per heavy atom. The Kier molecular flexibility index (Phi) is 4.35. The molecule has 0 spiro atoms. The van der Waals surface area contributed by atoms with Gasteiger partial charge in [-0.05, 0) is 13.3 Å². The van der Waals surface area contributed by atoms with E-state index in [-0.39, 0.29) is 18.1 Å². The Bertz CT molecular complexity index is 193. The first-order valence-corrected chi connectivity index (χ1v) is 5.24. The number of nitrogens with one attached hydrogen (secondary N) is 1. The predicted octanol–water partition coefficient (Wildman–Crippen LogP) is 0.232. The predicted molar refractivity (Wildman–Crippen MR) is 55.1 cm³/mol. The van der Waals surface area contributed by atoms with Gasteiger partial charge in [0.05, 0.1) is 0 Å². The molecule has 14 heavy (non-hydrogen) atoms. The molecule has 0 bridgehead atoms. The van der Waals surface area contributed by atoms with Crippen LogP contribution in [0.25, 0.3) is 0 Å². The van der Waals surface area contributed by atoms with E-state index in [0.717, 1.165) is 26.1 Å². The Labute approximate surface area is 85.6 Å². The maximum atomic E-state index is 11.9. The van der Waals surface area contributed by atoms with E-state index < -0.39 is 0 Å². The fraction of sp³-hybridized carbons (Fsp3) is 0.900. The highest BCUT2D eigenvalue weighted by atomic mass is 16.5. The maximum Gasteiger partial charge on any atom is 0.251 e. The molecule has 82 valence electrons. The molecule has 1 rings (SSSR count). The van der Waals surface area contributed by atoms with E-state index in [0.29, 0.717) is 0 Å². The van der Waals surface area contributed by atoms with Crippen molar-refractivity contribution in [2.45, 2.75) is 32.4 Å². The number of amides is 1. The minimum absolute atomic E-state index is 0.129. The van der Waals surface area contributed by atoms with Crippen molar-refractivity contribution in [3.63, 3.8) is 0 Å². The monoisotopic (exact) mass is 200 g/mol. The first kappa shape index (κ1) is 11.5. The Hall–Kier alpha value is -0.610. The molecule has 1 fully saturated rings. The number of rotatable bonds is 3. The molecule has 2 atom stereocenters. The smallest absolute Gasteiger partial charge is 0.251 e. The molecule has 1 unspecified atom stereocenters. The minimum atomic E-state index is -0.268. The standard InChI is InChI=1S/C10H20N2O2/c1-4-9(14-3)10(13)12-6-5-11-7-8(12)2/h8-9,11H,4-7H2,1-3H3/t8-,9?/m1/s1. The number of piperazine rings is 1. The molecule has 0 radical (unpaired) electrons. The summed E-state index contributed by atoms with van der Waals surface area (Å²) >= 11 is 0. The molecule has 0 saturated carbocycles. The first-order valence-electron chi connectivity index (χ1n) is 5.24. The SMILES string of the molecule is CCC(OC)C(=O)N1CCNC[C@H]1C. The number of hydrogen-bond donors (Lipinski definition) is 1. The summed E-state index contributed by atoms with van der Waals surface area (Å²) in [4.78, 5) is 13.9. The zero-order chi connectivity index (χ0) is 10.6. The second-order valence-corrected chi connectivity index (χ2v) is 3.72. The van der Waals surface area contributed by atoms with Crippen LogP contribution in [0.15, 0.2) is 0 Å². The van der Waals surface area contributed by atoms with E-state index in [1.54, 1.807) is 7.11 Å². The van der Waals surface area contributed by atoms with Gasteiger partial charge in [0, 0.05) is 32.8 Å². The van der Waals surface area contributed by atoms with Gasteiger partial charge in [0.1, 0.15) is 6.10 Å². The normalized spacial score (nSPS) is 24.8. The van der Waals surface area contributed by atoms with Gasteiger partial charge in [0.25, 0.3) is 5.91 Å². The molecular weight excluding hydrogens is 180 g/mol. The Morgan fingerprint density at radius 1 is 1.71 bits per heavy atom. The van der Waals surface area contributed by atoms with E-state index >= 15 is 0 Å². The average molecular weight is 200 g/mol. The lowest BCUT2D eigenvalue weighted by Crippen LogP contribution is -2.55. The topological polar surface area (TPSA) is 41.6 Å². The minimum Gasteiger partial charge on any atom is -0.372 e. The number of carbonyl (C=O) groups is 1. The van der Waals surface area contributed by atoms with Crippen molar-refractivity contribution >= 4 is 5.91 Å². The molecule has 1 aliphatic heterocycles. The van der Waals surface area contributed by atoms with Gasteiger partial charge in [-0.15, -0.1) is 0 Å². The maximum absolute atomic E-state index is 11.9. The number of carbonyl (C=O) groups excluding carboxylic acids is 1. The van der Waals surface area contributed by atoms with E-state index in [1.807, 2.05) is 11.8 Å². The van der Waals surface area contributed by atoms with Crippen LogP contribution in [-0.2, 0) is 9.53 Å². The zero-order valence-electron chi connectivity index (χ0n) is 9.25. The molecule has 0 aromatic heterocycles. The van der Waals surface area contributed by atoms with E-state index in [1.165, 1.54) is 0 Å². The summed E-state index contributed by atoms with van der Waals surface area (Å²) in [7, 11) is 1.60. The molecule has 0 aromatic rings. The number of nitrogens with zero attached hydrogens (tertiary/aromatic N) is 1. The lowest BCUT2D eigenvalue weighted by atomic mass is 10.1. The zero-order valence-corrected chi connectivity index (χ0v) is 9.25. The summed E-state index contributed by atoms with van der Waals surface area (Å²) in [5.74, 6) is 0.129. The Balaban J connectivity index is 2.57. The first-order chi connectivity index (χ1) is 6.70. The lowest BCUT2D eigenvalue weighted by Gasteiger charge is -2.35. The van der Waals surface area contributed by atoms with Crippen molar-refractivity contribution in [3.05, 3.63) is 0 Å². The molecular formula is C10H20N2O2. The van der Waals surface area contributed by atoms with E-state index in [4.69, 9.17) is 4.74 Å². The third-order valence-corrected chi connectivity index (χ3v) is 2.72. The summed E-state index contributed by atoms with van der Waals surface area (Å²) in [5.41, 5.74) is 0. The lowest BCUT2D eigenvalue weighted by molar-refractivity contribution is -0.145. The van der Waals surface area contributed by atoms with E-state index in [2.05, 4.69) is 12.2 Å². The van der Waals surface area contributed by atoms with Gasteiger partial charge in [-0.1, -0.05) is 6.92 Å². The van der Waals surface area contributed by atoms with Crippen molar-refractivity contribution in [2.75, 3.05) is 26.7 Å². The fourth-order valence-electron chi connectivity index (χ4n) is 1.80. The van der Waals surface area contributed by atoms with Crippen LogP contribution < -0.4 is 5.32 Å². The summed E-state index contributed by atoms with van der Waals surface area (Å²) in [6.07, 6.45) is 0.474. The van der Waals surface area contributed by atoms with Crippen LogP contribution in [0.4, 0.5) is 0 Å². The number of methoxy groups -OCH3 is 1. The molecule has 0 aromatic carbocycles. The second-order valence-electron chi connectivity index (χ2n) is 3.72. The van der Waals surface area contributed by atoms with Crippen LogP contribution in [-0.4, -0.2) is 49.7 Å². The summed E-state index contributed by atoms with van der Waals surface area (Å²) in [5, 5.41) is 3.26. The number of hydrogen-bond acceptors (Lipinski definition) is 3. The van der Waals surface area contributed by atoms with Crippen molar-refractivity contribution < 1.29 is 9.53 Å². The second kappa shape index (κ2) is 5.32. The van der Waals surface area contributed by atoms with Gasteiger partial charge in [0.2, 0.25) is 0 Å². The van der Waals surface area contributed by atoms with Crippen molar-refractivity contribution in [2.24, 2.45) is 0 Å². The summed E-state index contributed by atoms with van der Waals surface area (Å²) in [6.45, 7) is 6.59. The Morgan fingerprint density at radius 2 is 2.43 bits per heavy atom. The van der Waals surface area contributed by atoms with Crippen LogP contribution >= 0.6 is 0 Å². The summed E-state index contributed by atoms with van der Waals surface area (Å²) < 4.78 is 5.15. The van der Waals surface area contributed by atoms with Gasteiger partial charge in [-0.3, -0.25) is 4.79 Å². The highest BCUT2D eigenvalue weighted by molar-refractivity contribution is 5.81. The summed E-state index contributed by atoms with van der Waals surface area (Å²) in [6, 6.07) is 0.278. The van der Waals surface area contributed by atoms with Crippen molar-refractivity contribution in [1.29, 1.82) is 0 Å². The molecule has 4 heteroatoms. The average Bonchev–Trinajstić information content (AvgIpc) is 2.20. The molecule has 1 N–H and O–H groups in total. The molecule has 1 aliphatic rings. The molecule has 1 amide bonds. The van der Waals surface area contributed by atoms with Gasteiger partial charge < -0.3 is 15.0 Å². The van der Waals surface area contributed by atoms with Crippen LogP contribution in [0.5, 0.6) is 0 Å². The van der Waals surface area contributed by atoms with Gasteiger partial charge in [-0.2, -0.15) is 0 Å². The van der Waals surface area contributed by atoms with E-state index in [9.17, 15) is 4.79 Å². The quantitative estimate of drug-likeness (QED) is 0.709. The fourth-order valence-corrected chi connectivity index (χ4v) is 1.80. The highest BCUT2D eigenvalue weighted by Gasteiger charge is 2.27. The molecule has 4 nitrogen and oxygen atoms in total. The van der Waals surface area contributed by atoms with Gasteiger partial charge in [-0.25, -0.2) is 0 Å². The van der Waals surface area contributed by atoms with Gasteiger partial charge >= 0.3 is 0 Å². The molecule has 1 heterocycles. The van der Waals surface area contributed by atoms with Crippen molar-refractivity contribution in [1.82, 2.24) is 10.2 Å². The van der Waals surface area contributed by atoms with Crippen molar-refractivity contribution in [3.8, 4) is 0 Å². The third kappa shape index (κ3) is 2.45. The van der Waals surface area contributed by atoms with Crippen LogP contribution in [0, 0.1) is 0 Å². The molecule has 1 saturated heterocycles. The van der Waals surface area contributed by atoms with Crippen LogP contribution in [0.3, 0.4) is 0 Å². The van der Waals surface area contributed by atoms with Crippen LogP contribution in [0.1, 0.15) is 20.3 Å². The largest absolute Gasteiger partial charge is 0.372 e. The highest BCUT2D eigenvalue weighted by Crippen LogP contribution is 2.08.